The Labute approximate surface area is 134 Å². The number of rotatable bonds is 1. The zero-order valence-corrected chi connectivity index (χ0v) is 12.6. The molecule has 0 saturated heterocycles. The number of aryl methyl sites for hydroxylation is 1. The van der Waals surface area contributed by atoms with Crippen molar-refractivity contribution in [2.24, 2.45) is 0 Å². The first kappa shape index (κ1) is 15.3. The van der Waals surface area contributed by atoms with Crippen LogP contribution in [-0.2, 0) is 25.7 Å². The molecule has 4 rings (SSSR count). The SMILES string of the molecule is C.c1ccc(-c2c3c(cc4c2CCNCC4)CCCC3)cc1. The fourth-order valence-corrected chi connectivity index (χ4v) is 4.04. The van der Waals surface area contributed by atoms with Gasteiger partial charge in [-0.15, -0.1) is 0 Å². The lowest BCUT2D eigenvalue weighted by atomic mass is 9.80. The minimum atomic E-state index is 0. The third-order valence-corrected chi connectivity index (χ3v) is 5.04. The molecule has 0 fully saturated rings. The van der Waals surface area contributed by atoms with Crippen LogP contribution in [0.5, 0.6) is 0 Å². The molecule has 0 aromatic heterocycles. The second-order valence-corrected chi connectivity index (χ2v) is 6.35. The summed E-state index contributed by atoms with van der Waals surface area (Å²) in [5.74, 6) is 0. The van der Waals surface area contributed by atoms with E-state index in [-0.39, 0.29) is 7.43 Å². The van der Waals surface area contributed by atoms with Crippen LogP contribution in [0.3, 0.4) is 0 Å². The van der Waals surface area contributed by atoms with Crippen LogP contribution < -0.4 is 5.32 Å². The van der Waals surface area contributed by atoms with Gasteiger partial charge in [0.25, 0.3) is 0 Å². The quantitative estimate of drug-likeness (QED) is 0.813. The molecule has 0 spiro atoms. The van der Waals surface area contributed by atoms with Gasteiger partial charge in [0.05, 0.1) is 0 Å². The molecule has 116 valence electrons. The average molecular weight is 293 g/mol. The highest BCUT2D eigenvalue weighted by molar-refractivity contribution is 5.74. The number of benzene rings is 2. The molecule has 2 aromatic carbocycles. The average Bonchev–Trinajstić information content (AvgIpc) is 2.78. The molecule has 22 heavy (non-hydrogen) atoms. The van der Waals surface area contributed by atoms with Crippen molar-refractivity contribution in [2.75, 3.05) is 13.1 Å². The van der Waals surface area contributed by atoms with Crippen molar-refractivity contribution in [3.63, 3.8) is 0 Å². The second-order valence-electron chi connectivity index (χ2n) is 6.35. The van der Waals surface area contributed by atoms with Gasteiger partial charge in [-0.2, -0.15) is 0 Å². The lowest BCUT2D eigenvalue weighted by molar-refractivity contribution is 0.684. The minimum Gasteiger partial charge on any atom is -0.316 e. The Kier molecular flexibility index (Phi) is 4.63. The molecule has 1 aliphatic carbocycles. The molecule has 1 nitrogen and oxygen atoms in total. The molecule has 0 amide bonds. The molecule has 0 bridgehead atoms. The Balaban J connectivity index is 0.00000144. The van der Waals surface area contributed by atoms with Crippen molar-refractivity contribution in [3.8, 4) is 11.1 Å². The van der Waals surface area contributed by atoms with Crippen molar-refractivity contribution >= 4 is 0 Å². The van der Waals surface area contributed by atoms with Crippen LogP contribution >= 0.6 is 0 Å². The summed E-state index contributed by atoms with van der Waals surface area (Å²) < 4.78 is 0. The number of hydrogen-bond donors (Lipinski definition) is 1. The van der Waals surface area contributed by atoms with Gasteiger partial charge in [0.2, 0.25) is 0 Å². The van der Waals surface area contributed by atoms with Crippen LogP contribution in [0.1, 0.15) is 42.5 Å². The van der Waals surface area contributed by atoms with Crippen LogP contribution in [0.15, 0.2) is 36.4 Å². The summed E-state index contributed by atoms with van der Waals surface area (Å²) in [6.07, 6.45) is 7.60. The summed E-state index contributed by atoms with van der Waals surface area (Å²) in [5, 5.41) is 3.56. The Morgan fingerprint density at radius 1 is 0.727 bits per heavy atom. The van der Waals surface area contributed by atoms with E-state index in [1.165, 1.54) is 44.1 Å². The third-order valence-electron chi connectivity index (χ3n) is 5.04. The van der Waals surface area contributed by atoms with E-state index in [2.05, 4.69) is 41.7 Å². The van der Waals surface area contributed by atoms with Crippen molar-refractivity contribution < 1.29 is 0 Å². The molecular formula is C21H27N. The predicted molar refractivity (Wildman–Crippen MR) is 95.5 cm³/mol. The van der Waals surface area contributed by atoms with E-state index in [1.54, 1.807) is 27.8 Å². The van der Waals surface area contributed by atoms with Gasteiger partial charge in [0.15, 0.2) is 0 Å². The molecule has 0 saturated carbocycles. The fourth-order valence-electron chi connectivity index (χ4n) is 4.04. The Bertz CT molecular complexity index is 643. The number of fused-ring (bicyclic) bond motifs is 2. The van der Waals surface area contributed by atoms with Gasteiger partial charge in [-0.1, -0.05) is 43.8 Å². The molecule has 1 N–H and O–H groups in total. The Hall–Kier alpha value is -1.60. The largest absolute Gasteiger partial charge is 0.316 e. The zero-order valence-electron chi connectivity index (χ0n) is 12.6. The summed E-state index contributed by atoms with van der Waals surface area (Å²) in [5.41, 5.74) is 9.49. The molecule has 0 unspecified atom stereocenters. The van der Waals surface area contributed by atoms with E-state index in [9.17, 15) is 0 Å². The van der Waals surface area contributed by atoms with E-state index in [0.717, 1.165) is 13.1 Å². The summed E-state index contributed by atoms with van der Waals surface area (Å²) >= 11 is 0. The lowest BCUT2D eigenvalue weighted by Gasteiger charge is -2.25. The molecule has 0 radical (unpaired) electrons. The van der Waals surface area contributed by atoms with Crippen LogP contribution in [0.2, 0.25) is 0 Å². The predicted octanol–water partition coefficient (Wildman–Crippen LogP) is 4.56. The van der Waals surface area contributed by atoms with Crippen molar-refractivity contribution in [2.45, 2.75) is 46.0 Å². The summed E-state index contributed by atoms with van der Waals surface area (Å²) in [7, 11) is 0. The van der Waals surface area contributed by atoms with Crippen LogP contribution in [0, 0.1) is 0 Å². The first-order valence-corrected chi connectivity index (χ1v) is 8.36. The molecule has 2 aliphatic rings. The maximum Gasteiger partial charge on any atom is -0.000790 e. The van der Waals surface area contributed by atoms with Gasteiger partial charge >= 0.3 is 0 Å². The van der Waals surface area contributed by atoms with Gasteiger partial charge in [-0.25, -0.2) is 0 Å². The molecule has 1 heteroatoms. The molecular weight excluding hydrogens is 266 g/mol. The topological polar surface area (TPSA) is 12.0 Å². The molecule has 0 atom stereocenters. The maximum atomic E-state index is 3.56. The normalized spacial score (nSPS) is 16.9. The van der Waals surface area contributed by atoms with Gasteiger partial charge in [-0.05, 0) is 85.0 Å². The minimum absolute atomic E-state index is 0. The Morgan fingerprint density at radius 2 is 1.41 bits per heavy atom. The van der Waals surface area contributed by atoms with Gasteiger partial charge in [0.1, 0.15) is 0 Å². The van der Waals surface area contributed by atoms with E-state index in [1.807, 2.05) is 0 Å². The van der Waals surface area contributed by atoms with Crippen LogP contribution in [0.4, 0.5) is 0 Å². The monoisotopic (exact) mass is 293 g/mol. The van der Waals surface area contributed by atoms with E-state index in [4.69, 9.17) is 0 Å². The number of nitrogens with one attached hydrogen (secondary N) is 1. The first-order chi connectivity index (χ1) is 10.4. The van der Waals surface area contributed by atoms with E-state index < -0.39 is 0 Å². The smallest absolute Gasteiger partial charge is 0.000790 e. The highest BCUT2D eigenvalue weighted by Crippen LogP contribution is 2.37. The van der Waals surface area contributed by atoms with Gasteiger partial charge < -0.3 is 5.32 Å². The Morgan fingerprint density at radius 3 is 2.27 bits per heavy atom. The van der Waals surface area contributed by atoms with Crippen LogP contribution in [0.25, 0.3) is 11.1 Å². The van der Waals surface area contributed by atoms with Crippen molar-refractivity contribution in [1.82, 2.24) is 5.32 Å². The lowest BCUT2D eigenvalue weighted by Crippen LogP contribution is -2.16. The van der Waals surface area contributed by atoms with E-state index >= 15 is 0 Å². The number of hydrogen-bond acceptors (Lipinski definition) is 1. The first-order valence-electron chi connectivity index (χ1n) is 8.36. The highest BCUT2D eigenvalue weighted by atomic mass is 14.8. The van der Waals surface area contributed by atoms with Gasteiger partial charge in [0, 0.05) is 0 Å². The van der Waals surface area contributed by atoms with Crippen molar-refractivity contribution in [1.29, 1.82) is 0 Å². The standard InChI is InChI=1S/C20H23N.CH4/c1-2-6-15(7-3-1)20-18-9-5-4-8-16(18)14-17-10-12-21-13-11-19(17)20;/h1-3,6-7,14,21H,4-5,8-13H2;1H4. The summed E-state index contributed by atoms with van der Waals surface area (Å²) in [6, 6.07) is 13.6. The molecule has 2 aromatic rings. The van der Waals surface area contributed by atoms with Gasteiger partial charge in [-0.3, -0.25) is 0 Å². The summed E-state index contributed by atoms with van der Waals surface area (Å²) in [6.45, 7) is 2.24. The fraction of sp³-hybridized carbons (Fsp3) is 0.429. The third kappa shape index (κ3) is 2.70. The molecule has 1 aliphatic heterocycles. The molecule has 1 heterocycles. The van der Waals surface area contributed by atoms with Crippen molar-refractivity contribution in [3.05, 3.63) is 58.7 Å². The summed E-state index contributed by atoms with van der Waals surface area (Å²) in [4.78, 5) is 0. The maximum absolute atomic E-state index is 3.56. The second kappa shape index (κ2) is 6.66. The van der Waals surface area contributed by atoms with E-state index in [0.29, 0.717) is 0 Å². The zero-order chi connectivity index (χ0) is 14.1. The highest BCUT2D eigenvalue weighted by Gasteiger charge is 2.21. The van der Waals surface area contributed by atoms with Crippen LogP contribution in [-0.4, -0.2) is 13.1 Å².